The summed E-state index contributed by atoms with van der Waals surface area (Å²) < 4.78 is 26.9. The lowest BCUT2D eigenvalue weighted by atomic mass is 10.0. The summed E-state index contributed by atoms with van der Waals surface area (Å²) in [6.07, 6.45) is 4.02. The normalized spacial score (nSPS) is 20.2. The Morgan fingerprint density at radius 2 is 2.32 bits per heavy atom. The number of benzene rings is 1. The van der Waals surface area contributed by atoms with Crippen molar-refractivity contribution in [2.45, 2.75) is 17.7 Å². The van der Waals surface area contributed by atoms with Gasteiger partial charge in [0.05, 0.1) is 5.75 Å². The van der Waals surface area contributed by atoms with Crippen molar-refractivity contribution in [3.05, 3.63) is 24.3 Å². The van der Waals surface area contributed by atoms with Crippen LogP contribution in [-0.2, 0) is 10.0 Å². The molecule has 1 aromatic carbocycles. The quantitative estimate of drug-likeness (QED) is 0.818. The SMILES string of the molecule is CSc1cccc(NS(=O)(=O)CC2CCCNC2)c1. The maximum atomic E-state index is 12.1. The highest BCUT2D eigenvalue weighted by molar-refractivity contribution is 7.98. The first kappa shape index (κ1) is 14.7. The van der Waals surface area contributed by atoms with E-state index in [1.165, 1.54) is 0 Å². The maximum absolute atomic E-state index is 12.1. The summed E-state index contributed by atoms with van der Waals surface area (Å²) in [5.74, 6) is 0.415. The second-order valence-corrected chi connectivity index (χ2v) is 7.47. The predicted molar refractivity (Wildman–Crippen MR) is 81.2 cm³/mol. The molecule has 0 radical (unpaired) electrons. The summed E-state index contributed by atoms with van der Waals surface area (Å²) in [6.45, 7) is 1.80. The van der Waals surface area contributed by atoms with Crippen molar-refractivity contribution >= 4 is 27.5 Å². The molecule has 4 nitrogen and oxygen atoms in total. The van der Waals surface area contributed by atoms with E-state index in [0.717, 1.165) is 30.8 Å². The molecule has 1 unspecified atom stereocenters. The summed E-state index contributed by atoms with van der Waals surface area (Å²) in [5, 5.41) is 3.24. The van der Waals surface area contributed by atoms with Gasteiger partial charge in [0.1, 0.15) is 0 Å². The smallest absolute Gasteiger partial charge is 0.233 e. The van der Waals surface area contributed by atoms with Gasteiger partial charge in [0.2, 0.25) is 10.0 Å². The fourth-order valence-electron chi connectivity index (χ4n) is 2.28. The van der Waals surface area contributed by atoms with Gasteiger partial charge in [-0.15, -0.1) is 11.8 Å². The van der Waals surface area contributed by atoms with E-state index in [4.69, 9.17) is 0 Å². The molecule has 1 heterocycles. The minimum Gasteiger partial charge on any atom is -0.316 e. The van der Waals surface area contributed by atoms with Crippen LogP contribution in [0, 0.1) is 5.92 Å². The minimum atomic E-state index is -3.26. The van der Waals surface area contributed by atoms with Gasteiger partial charge in [-0.3, -0.25) is 4.72 Å². The van der Waals surface area contributed by atoms with Crippen molar-refractivity contribution in [2.75, 3.05) is 29.8 Å². The molecule has 2 rings (SSSR count). The average molecular weight is 300 g/mol. The highest BCUT2D eigenvalue weighted by Gasteiger charge is 2.21. The number of hydrogen-bond acceptors (Lipinski definition) is 4. The predicted octanol–water partition coefficient (Wildman–Crippen LogP) is 2.15. The molecule has 1 saturated heterocycles. The molecular formula is C13H20N2O2S2. The second-order valence-electron chi connectivity index (χ2n) is 4.83. The summed E-state index contributed by atoms with van der Waals surface area (Å²) in [4.78, 5) is 1.06. The Hall–Kier alpha value is -0.720. The molecule has 1 atom stereocenters. The maximum Gasteiger partial charge on any atom is 0.233 e. The van der Waals surface area contributed by atoms with Crippen LogP contribution in [0.1, 0.15) is 12.8 Å². The first-order valence-corrected chi connectivity index (χ1v) is 9.32. The zero-order valence-electron chi connectivity index (χ0n) is 11.1. The largest absolute Gasteiger partial charge is 0.316 e. The van der Waals surface area contributed by atoms with Crippen molar-refractivity contribution in [2.24, 2.45) is 5.92 Å². The van der Waals surface area contributed by atoms with Crippen molar-refractivity contribution in [1.82, 2.24) is 5.32 Å². The number of nitrogens with one attached hydrogen (secondary N) is 2. The second kappa shape index (κ2) is 6.63. The Bertz CT molecular complexity index is 511. The molecular weight excluding hydrogens is 280 g/mol. The average Bonchev–Trinajstić information content (AvgIpc) is 2.39. The number of anilines is 1. The lowest BCUT2D eigenvalue weighted by Crippen LogP contribution is -2.35. The van der Waals surface area contributed by atoms with Crippen LogP contribution in [-0.4, -0.2) is 33.5 Å². The van der Waals surface area contributed by atoms with Gasteiger partial charge in [-0.05, 0) is 56.3 Å². The van der Waals surface area contributed by atoms with Crippen molar-refractivity contribution in [3.8, 4) is 0 Å². The number of hydrogen-bond donors (Lipinski definition) is 2. The van der Waals surface area contributed by atoms with Crippen LogP contribution in [0.2, 0.25) is 0 Å². The van der Waals surface area contributed by atoms with Crippen molar-refractivity contribution < 1.29 is 8.42 Å². The third kappa shape index (κ3) is 4.71. The van der Waals surface area contributed by atoms with Crippen LogP contribution in [0.4, 0.5) is 5.69 Å². The molecule has 106 valence electrons. The van der Waals surface area contributed by atoms with Gasteiger partial charge < -0.3 is 5.32 Å². The van der Waals surface area contributed by atoms with E-state index < -0.39 is 10.0 Å². The van der Waals surface area contributed by atoms with Gasteiger partial charge in [0.25, 0.3) is 0 Å². The summed E-state index contributed by atoms with van der Waals surface area (Å²) in [7, 11) is -3.26. The molecule has 0 aromatic heterocycles. The summed E-state index contributed by atoms with van der Waals surface area (Å²) in [6, 6.07) is 7.48. The summed E-state index contributed by atoms with van der Waals surface area (Å²) >= 11 is 1.60. The number of sulfonamides is 1. The van der Waals surface area contributed by atoms with Crippen molar-refractivity contribution in [1.29, 1.82) is 0 Å². The van der Waals surface area contributed by atoms with Gasteiger partial charge in [-0.1, -0.05) is 6.07 Å². The lowest BCUT2D eigenvalue weighted by Gasteiger charge is -2.22. The van der Waals surface area contributed by atoms with E-state index in [1.807, 2.05) is 24.5 Å². The third-order valence-corrected chi connectivity index (χ3v) is 5.38. The monoisotopic (exact) mass is 300 g/mol. The Morgan fingerprint density at radius 3 is 3.00 bits per heavy atom. The van der Waals surface area contributed by atoms with Crippen LogP contribution in [0.25, 0.3) is 0 Å². The Kier molecular flexibility index (Phi) is 5.13. The first-order chi connectivity index (χ1) is 9.09. The van der Waals surface area contributed by atoms with Gasteiger partial charge in [-0.2, -0.15) is 0 Å². The molecule has 0 aliphatic carbocycles. The fraction of sp³-hybridized carbons (Fsp3) is 0.538. The van der Waals surface area contributed by atoms with Crippen LogP contribution in [0.5, 0.6) is 0 Å². The highest BCUT2D eigenvalue weighted by Crippen LogP contribution is 2.21. The molecule has 0 bridgehead atoms. The summed E-state index contributed by atoms with van der Waals surface area (Å²) in [5.41, 5.74) is 0.649. The molecule has 1 aliphatic rings. The van der Waals surface area contributed by atoms with E-state index in [0.29, 0.717) is 5.69 Å². The number of thioether (sulfide) groups is 1. The van der Waals surface area contributed by atoms with Crippen LogP contribution < -0.4 is 10.0 Å². The minimum absolute atomic E-state index is 0.198. The van der Waals surface area contributed by atoms with Gasteiger partial charge in [-0.25, -0.2) is 8.42 Å². The van der Waals surface area contributed by atoms with E-state index in [2.05, 4.69) is 10.0 Å². The lowest BCUT2D eigenvalue weighted by molar-refractivity contribution is 0.404. The fourth-order valence-corrected chi connectivity index (χ4v) is 4.22. The number of piperidine rings is 1. The molecule has 0 saturated carbocycles. The zero-order valence-corrected chi connectivity index (χ0v) is 12.7. The molecule has 1 aliphatic heterocycles. The molecule has 2 N–H and O–H groups in total. The van der Waals surface area contributed by atoms with E-state index in [1.54, 1.807) is 17.8 Å². The zero-order chi connectivity index (χ0) is 13.7. The van der Waals surface area contributed by atoms with E-state index >= 15 is 0 Å². The van der Waals surface area contributed by atoms with Gasteiger partial charge in [0, 0.05) is 10.6 Å². The Morgan fingerprint density at radius 1 is 1.47 bits per heavy atom. The highest BCUT2D eigenvalue weighted by atomic mass is 32.2. The molecule has 1 aromatic rings. The number of rotatable bonds is 5. The van der Waals surface area contributed by atoms with Gasteiger partial charge >= 0.3 is 0 Å². The Labute approximate surface area is 119 Å². The topological polar surface area (TPSA) is 58.2 Å². The Balaban J connectivity index is 1.99. The molecule has 6 heteroatoms. The third-order valence-electron chi connectivity index (χ3n) is 3.20. The standard InChI is InChI=1S/C13H20N2O2S2/c1-18-13-6-2-5-12(8-13)15-19(16,17)10-11-4-3-7-14-9-11/h2,5-6,8,11,14-15H,3-4,7,9-10H2,1H3. The molecule has 19 heavy (non-hydrogen) atoms. The first-order valence-electron chi connectivity index (χ1n) is 6.44. The van der Waals surface area contributed by atoms with Crippen LogP contribution in [0.15, 0.2) is 29.2 Å². The van der Waals surface area contributed by atoms with E-state index in [-0.39, 0.29) is 11.7 Å². The van der Waals surface area contributed by atoms with E-state index in [9.17, 15) is 8.42 Å². The van der Waals surface area contributed by atoms with Crippen LogP contribution >= 0.6 is 11.8 Å². The molecule has 0 spiro atoms. The van der Waals surface area contributed by atoms with Crippen molar-refractivity contribution in [3.63, 3.8) is 0 Å². The molecule has 1 fully saturated rings. The van der Waals surface area contributed by atoms with Crippen LogP contribution in [0.3, 0.4) is 0 Å². The molecule has 0 amide bonds. The van der Waals surface area contributed by atoms with Gasteiger partial charge in [0.15, 0.2) is 0 Å².